The summed E-state index contributed by atoms with van der Waals surface area (Å²) >= 11 is 0. The number of carbonyl (C=O) groups is 1. The smallest absolute Gasteiger partial charge is 0.273 e. The Hall–Kier alpha value is -3.14. The van der Waals surface area contributed by atoms with Crippen LogP contribution in [0.2, 0.25) is 0 Å². The van der Waals surface area contributed by atoms with Crippen molar-refractivity contribution in [1.29, 1.82) is 0 Å². The maximum absolute atomic E-state index is 13.8. The van der Waals surface area contributed by atoms with Crippen molar-refractivity contribution in [3.63, 3.8) is 0 Å². The molecular weight excluding hydrogens is 482 g/mol. The van der Waals surface area contributed by atoms with E-state index in [4.69, 9.17) is 4.74 Å². The van der Waals surface area contributed by atoms with Crippen molar-refractivity contribution in [1.82, 2.24) is 5.32 Å². The zero-order chi connectivity index (χ0) is 25.7. The summed E-state index contributed by atoms with van der Waals surface area (Å²) in [5.41, 5.74) is 0.0852. The largest absolute Gasteiger partial charge is 0.497 e. The van der Waals surface area contributed by atoms with Crippen LogP contribution >= 0.6 is 0 Å². The fourth-order valence-corrected chi connectivity index (χ4v) is 8.31. The number of benzene rings is 2. The van der Waals surface area contributed by atoms with Gasteiger partial charge in [-0.1, -0.05) is 6.07 Å². The summed E-state index contributed by atoms with van der Waals surface area (Å²) in [7, 11) is -2.77. The van der Waals surface area contributed by atoms with Gasteiger partial charge in [-0.05, 0) is 93.5 Å². The summed E-state index contributed by atoms with van der Waals surface area (Å²) in [6.45, 7) is 1.13. The molecule has 4 saturated carbocycles. The molecule has 0 aliphatic heterocycles. The predicted octanol–water partition coefficient (Wildman–Crippen LogP) is 4.19. The van der Waals surface area contributed by atoms with Crippen LogP contribution in [0.3, 0.4) is 0 Å². The first-order chi connectivity index (χ1) is 17.1. The van der Waals surface area contributed by atoms with Crippen LogP contribution in [0.25, 0.3) is 0 Å². The molecule has 192 valence electrons. The first-order valence-corrected chi connectivity index (χ1v) is 13.8. The molecule has 9 nitrogen and oxygen atoms in total. The molecule has 1 amide bonds. The SMILES string of the molecule is COc1ccc(N(CC(=O)NC23CC4CC(CC(C4)C2)C3)S(=O)(=O)c2ccc(C)c([N+](=O)[O-])c2)cc1. The Morgan fingerprint density at radius 2 is 1.67 bits per heavy atom. The number of rotatable bonds is 8. The number of amides is 1. The molecule has 4 aliphatic carbocycles. The molecule has 1 N–H and O–H groups in total. The Bertz CT molecular complexity index is 1260. The Balaban J connectivity index is 1.45. The van der Waals surface area contributed by atoms with Gasteiger partial charge in [-0.15, -0.1) is 0 Å². The summed E-state index contributed by atoms with van der Waals surface area (Å²) in [6.07, 6.45) is 6.54. The lowest BCUT2D eigenvalue weighted by atomic mass is 9.53. The molecule has 2 aromatic carbocycles. The number of hydrogen-bond donors (Lipinski definition) is 1. The first-order valence-electron chi connectivity index (χ1n) is 12.3. The molecule has 0 saturated heterocycles. The second-order valence-corrected chi connectivity index (χ2v) is 12.5. The quantitative estimate of drug-likeness (QED) is 0.418. The number of anilines is 1. The average molecular weight is 514 g/mol. The van der Waals surface area contributed by atoms with Crippen molar-refractivity contribution in [3.8, 4) is 5.75 Å². The number of nitro groups is 1. The molecule has 0 radical (unpaired) electrons. The highest BCUT2D eigenvalue weighted by Gasteiger charge is 2.51. The predicted molar refractivity (Wildman–Crippen MR) is 134 cm³/mol. The molecule has 4 fully saturated rings. The lowest BCUT2D eigenvalue weighted by molar-refractivity contribution is -0.385. The van der Waals surface area contributed by atoms with Gasteiger partial charge in [-0.25, -0.2) is 8.42 Å². The third-order valence-corrected chi connectivity index (χ3v) is 9.83. The van der Waals surface area contributed by atoms with E-state index in [2.05, 4.69) is 5.32 Å². The van der Waals surface area contributed by atoms with Crippen LogP contribution in [0.15, 0.2) is 47.4 Å². The fourth-order valence-electron chi connectivity index (χ4n) is 6.87. The Labute approximate surface area is 211 Å². The summed E-state index contributed by atoms with van der Waals surface area (Å²) in [4.78, 5) is 24.0. The van der Waals surface area contributed by atoms with Crippen LogP contribution in [0.1, 0.15) is 44.1 Å². The van der Waals surface area contributed by atoms with Gasteiger partial charge in [-0.2, -0.15) is 0 Å². The van der Waals surface area contributed by atoms with Gasteiger partial charge >= 0.3 is 0 Å². The van der Waals surface area contributed by atoms with E-state index in [9.17, 15) is 23.3 Å². The highest BCUT2D eigenvalue weighted by Crippen LogP contribution is 2.55. The van der Waals surface area contributed by atoms with Gasteiger partial charge in [-0.3, -0.25) is 19.2 Å². The minimum absolute atomic E-state index is 0.238. The van der Waals surface area contributed by atoms with Gasteiger partial charge in [0.1, 0.15) is 12.3 Å². The van der Waals surface area contributed by atoms with Gasteiger partial charge < -0.3 is 10.1 Å². The first kappa shape index (κ1) is 24.5. The average Bonchev–Trinajstić information content (AvgIpc) is 2.81. The standard InChI is InChI=1S/C26H31N3O6S/c1-17-3-8-23(12-24(17)29(31)32)36(33,34)28(21-4-6-22(35-2)7-5-21)16-25(30)27-26-13-18-9-19(14-26)11-20(10-18)15-26/h3-8,12,18-20H,9-11,13-16H2,1-2H3,(H,27,30). The van der Waals surface area contributed by atoms with E-state index in [-0.39, 0.29) is 27.7 Å². The molecule has 36 heavy (non-hydrogen) atoms. The number of methoxy groups -OCH3 is 1. The second kappa shape index (κ2) is 9.06. The normalized spacial score (nSPS) is 26.4. The Kier molecular flexibility index (Phi) is 6.18. The van der Waals surface area contributed by atoms with Crippen molar-refractivity contribution < 1.29 is 22.9 Å². The number of hydrogen-bond acceptors (Lipinski definition) is 6. The molecule has 2 aromatic rings. The minimum atomic E-state index is -4.28. The topological polar surface area (TPSA) is 119 Å². The third-order valence-electron chi connectivity index (χ3n) is 8.06. The molecule has 0 aromatic heterocycles. The molecular formula is C26H31N3O6S. The highest BCUT2D eigenvalue weighted by atomic mass is 32.2. The van der Waals surface area contributed by atoms with Crippen LogP contribution in [0, 0.1) is 34.8 Å². The van der Waals surface area contributed by atoms with Crippen molar-refractivity contribution in [2.75, 3.05) is 18.0 Å². The lowest BCUT2D eigenvalue weighted by Gasteiger charge is -2.57. The van der Waals surface area contributed by atoms with Crippen molar-refractivity contribution in [3.05, 3.63) is 58.1 Å². The van der Waals surface area contributed by atoms with Crippen LogP contribution < -0.4 is 14.4 Å². The second-order valence-electron chi connectivity index (χ2n) is 10.7. The number of sulfonamides is 1. The summed E-state index contributed by atoms with van der Waals surface area (Å²) in [6, 6.07) is 10.2. The van der Waals surface area contributed by atoms with Crippen LogP contribution in [0.4, 0.5) is 11.4 Å². The molecule has 4 bridgehead atoms. The molecule has 4 aliphatic rings. The molecule has 0 unspecified atom stereocenters. The Morgan fingerprint density at radius 3 is 2.19 bits per heavy atom. The fraction of sp³-hybridized carbons (Fsp3) is 0.500. The number of carbonyl (C=O) groups excluding carboxylic acids is 1. The van der Waals surface area contributed by atoms with E-state index in [1.807, 2.05) is 0 Å². The molecule has 0 spiro atoms. The van der Waals surface area contributed by atoms with Gasteiger partial charge in [0.2, 0.25) is 5.91 Å². The highest BCUT2D eigenvalue weighted by molar-refractivity contribution is 7.92. The molecule has 0 atom stereocenters. The van der Waals surface area contributed by atoms with Gasteiger partial charge in [0.15, 0.2) is 0 Å². The van der Waals surface area contributed by atoms with Crippen molar-refractivity contribution in [2.45, 2.75) is 55.9 Å². The summed E-state index contributed by atoms with van der Waals surface area (Å²) in [5, 5.41) is 14.7. The maximum Gasteiger partial charge on any atom is 0.273 e. The van der Waals surface area contributed by atoms with E-state index in [0.717, 1.165) is 29.6 Å². The lowest BCUT2D eigenvalue weighted by Crippen LogP contribution is -2.61. The number of nitro benzene ring substituents is 1. The Morgan fingerprint density at radius 1 is 1.08 bits per heavy atom. The zero-order valence-electron chi connectivity index (χ0n) is 20.5. The van der Waals surface area contributed by atoms with Crippen molar-refractivity contribution in [2.24, 2.45) is 17.8 Å². The minimum Gasteiger partial charge on any atom is -0.497 e. The number of nitrogens with zero attached hydrogens (tertiary/aromatic N) is 2. The van der Waals surface area contributed by atoms with Crippen LogP contribution in [-0.4, -0.2) is 38.4 Å². The monoisotopic (exact) mass is 513 g/mol. The van der Waals surface area contributed by atoms with Gasteiger partial charge in [0.25, 0.3) is 15.7 Å². The van der Waals surface area contributed by atoms with Gasteiger partial charge in [0, 0.05) is 17.2 Å². The zero-order valence-corrected chi connectivity index (χ0v) is 21.3. The molecule has 10 heteroatoms. The van der Waals surface area contributed by atoms with E-state index in [1.165, 1.54) is 38.5 Å². The number of aryl methyl sites for hydroxylation is 1. The van der Waals surface area contributed by atoms with Gasteiger partial charge in [0.05, 0.1) is 22.6 Å². The van der Waals surface area contributed by atoms with E-state index < -0.39 is 21.5 Å². The van der Waals surface area contributed by atoms with Crippen LogP contribution in [0.5, 0.6) is 5.75 Å². The number of nitrogens with one attached hydrogen (secondary N) is 1. The molecule has 0 heterocycles. The van der Waals surface area contributed by atoms with Crippen molar-refractivity contribution >= 4 is 27.3 Å². The number of ether oxygens (including phenoxy) is 1. The van der Waals surface area contributed by atoms with E-state index in [0.29, 0.717) is 29.1 Å². The van der Waals surface area contributed by atoms with E-state index in [1.54, 1.807) is 31.2 Å². The molecule has 6 rings (SSSR count). The third kappa shape index (κ3) is 4.54. The summed E-state index contributed by atoms with van der Waals surface area (Å²) < 4.78 is 33.7. The summed E-state index contributed by atoms with van der Waals surface area (Å²) in [5.74, 6) is 2.07. The van der Waals surface area contributed by atoms with Crippen LogP contribution in [-0.2, 0) is 14.8 Å². The maximum atomic E-state index is 13.8. The van der Waals surface area contributed by atoms with E-state index >= 15 is 0 Å².